The summed E-state index contributed by atoms with van der Waals surface area (Å²) >= 11 is 0. The van der Waals surface area contributed by atoms with Gasteiger partial charge in [-0.3, -0.25) is 4.79 Å². The number of ether oxygens (including phenoxy) is 1. The van der Waals surface area contributed by atoms with Crippen LogP contribution in [0.4, 0.5) is 0 Å². The molecule has 1 amide bonds. The third kappa shape index (κ3) is 4.65. The van der Waals surface area contributed by atoms with E-state index in [1.165, 1.54) is 31.7 Å². The highest BCUT2D eigenvalue weighted by Crippen LogP contribution is 2.27. The highest BCUT2D eigenvalue weighted by molar-refractivity contribution is 5.82. The van der Waals surface area contributed by atoms with E-state index in [1.807, 2.05) is 26.0 Å². The zero-order valence-electron chi connectivity index (χ0n) is 15.5. The molecule has 1 aromatic heterocycles. The molecule has 1 N–H and O–H groups in total. The lowest BCUT2D eigenvalue weighted by atomic mass is 10.00. The van der Waals surface area contributed by atoms with Crippen molar-refractivity contribution in [2.45, 2.75) is 64.3 Å². The van der Waals surface area contributed by atoms with Gasteiger partial charge < -0.3 is 14.5 Å². The number of fused-ring (bicyclic) bond motifs is 1. The zero-order chi connectivity index (χ0) is 18.5. The lowest BCUT2D eigenvalue weighted by Crippen LogP contribution is -2.37. The van der Waals surface area contributed by atoms with Gasteiger partial charge in [0, 0.05) is 23.6 Å². The number of hydrogen-bond donors (Lipinski definition) is 1. The van der Waals surface area contributed by atoms with Crippen molar-refractivity contribution in [2.24, 2.45) is 0 Å². The largest absolute Gasteiger partial charge is 0.484 e. The number of hydrogen-bond acceptors (Lipinski definition) is 4. The van der Waals surface area contributed by atoms with Gasteiger partial charge in [0.15, 0.2) is 6.61 Å². The van der Waals surface area contributed by atoms with Crippen LogP contribution in [-0.4, -0.2) is 18.6 Å². The first kappa shape index (κ1) is 18.5. The summed E-state index contributed by atoms with van der Waals surface area (Å²) in [7, 11) is 0. The Morgan fingerprint density at radius 3 is 2.62 bits per heavy atom. The second-order valence-corrected chi connectivity index (χ2v) is 7.38. The Balaban J connectivity index is 1.65. The van der Waals surface area contributed by atoms with Crippen molar-refractivity contribution in [3.8, 4) is 5.75 Å². The maximum atomic E-state index is 12.1. The first-order chi connectivity index (χ1) is 12.5. The fourth-order valence-electron chi connectivity index (χ4n) is 3.58. The molecular weight excluding hydrogens is 330 g/mol. The summed E-state index contributed by atoms with van der Waals surface area (Å²) in [5.74, 6) is 0.644. The van der Waals surface area contributed by atoms with Crippen LogP contribution >= 0.6 is 0 Å². The average molecular weight is 357 g/mol. The molecule has 5 nitrogen and oxygen atoms in total. The molecule has 5 heteroatoms. The molecular formula is C21H27NO4. The van der Waals surface area contributed by atoms with Crippen LogP contribution in [0, 0.1) is 0 Å². The van der Waals surface area contributed by atoms with Crippen LogP contribution in [0.3, 0.4) is 0 Å². The van der Waals surface area contributed by atoms with E-state index in [0.29, 0.717) is 11.3 Å². The molecule has 0 spiro atoms. The Kier molecular flexibility index (Phi) is 5.96. The molecule has 26 heavy (non-hydrogen) atoms. The number of benzene rings is 1. The number of nitrogens with one attached hydrogen (secondary N) is 1. The van der Waals surface area contributed by atoms with Crippen LogP contribution in [0.5, 0.6) is 5.75 Å². The molecule has 140 valence electrons. The molecule has 0 saturated heterocycles. The summed E-state index contributed by atoms with van der Waals surface area (Å²) in [5.41, 5.74) is 1.07. The molecule has 3 rings (SSSR count). The number of carbonyl (C=O) groups is 1. The van der Waals surface area contributed by atoms with E-state index in [4.69, 9.17) is 9.15 Å². The third-order valence-corrected chi connectivity index (χ3v) is 4.96. The van der Waals surface area contributed by atoms with Gasteiger partial charge >= 0.3 is 5.63 Å². The second kappa shape index (κ2) is 8.39. The molecule has 1 fully saturated rings. The van der Waals surface area contributed by atoms with E-state index in [2.05, 4.69) is 5.32 Å². The topological polar surface area (TPSA) is 68.5 Å². The summed E-state index contributed by atoms with van der Waals surface area (Å²) in [4.78, 5) is 23.9. The minimum absolute atomic E-state index is 0.0316. The van der Waals surface area contributed by atoms with Crippen molar-refractivity contribution in [2.75, 3.05) is 6.61 Å². The highest BCUT2D eigenvalue weighted by Gasteiger charge is 2.15. The molecule has 2 aromatic rings. The van der Waals surface area contributed by atoms with E-state index in [1.54, 1.807) is 6.07 Å². The summed E-state index contributed by atoms with van der Waals surface area (Å²) in [5, 5.41) is 3.96. The van der Waals surface area contributed by atoms with Gasteiger partial charge in [-0.15, -0.1) is 0 Å². The first-order valence-electron chi connectivity index (χ1n) is 9.53. The van der Waals surface area contributed by atoms with Crippen LogP contribution in [0.25, 0.3) is 11.0 Å². The first-order valence-corrected chi connectivity index (χ1v) is 9.53. The molecule has 1 heterocycles. The molecule has 1 saturated carbocycles. The minimum Gasteiger partial charge on any atom is -0.484 e. The number of amides is 1. The van der Waals surface area contributed by atoms with Crippen LogP contribution < -0.4 is 15.7 Å². The maximum absolute atomic E-state index is 12.1. The van der Waals surface area contributed by atoms with E-state index < -0.39 is 0 Å². The average Bonchev–Trinajstić information content (AvgIpc) is 2.87. The van der Waals surface area contributed by atoms with Crippen molar-refractivity contribution < 1.29 is 13.9 Å². The zero-order valence-corrected chi connectivity index (χ0v) is 15.5. The molecule has 0 radical (unpaired) electrons. The normalized spacial score (nSPS) is 15.8. The van der Waals surface area contributed by atoms with Crippen LogP contribution in [0.1, 0.15) is 63.9 Å². The molecule has 0 bridgehead atoms. The Morgan fingerprint density at radius 1 is 1.19 bits per heavy atom. The van der Waals surface area contributed by atoms with Gasteiger partial charge in [0.25, 0.3) is 5.91 Å². The standard InChI is InChI=1S/C21H27NO4/c1-14(2)18-12-21(24)26-19-11-16(9-10-17(18)19)25-13-20(23)22-15-7-5-3-4-6-8-15/h9-12,14-15H,3-8,13H2,1-2H3,(H,22,23). The Labute approximate surface area is 153 Å². The Bertz CT molecular complexity index is 816. The van der Waals surface area contributed by atoms with Crippen LogP contribution in [-0.2, 0) is 4.79 Å². The van der Waals surface area contributed by atoms with Gasteiger partial charge in [0.2, 0.25) is 0 Å². The van der Waals surface area contributed by atoms with Gasteiger partial charge in [-0.05, 0) is 36.5 Å². The van der Waals surface area contributed by atoms with Crippen molar-refractivity contribution in [1.29, 1.82) is 0 Å². The Morgan fingerprint density at radius 2 is 1.92 bits per heavy atom. The van der Waals surface area contributed by atoms with Crippen LogP contribution in [0.15, 0.2) is 33.5 Å². The summed E-state index contributed by atoms with van der Waals surface area (Å²) in [6.45, 7) is 4.04. The predicted octanol–water partition coefficient (Wildman–Crippen LogP) is 4.13. The van der Waals surface area contributed by atoms with Gasteiger partial charge in [0.05, 0.1) is 0 Å². The second-order valence-electron chi connectivity index (χ2n) is 7.38. The fraction of sp³-hybridized carbons (Fsp3) is 0.524. The molecule has 0 unspecified atom stereocenters. The molecule has 0 aliphatic heterocycles. The molecule has 1 aromatic carbocycles. The van der Waals surface area contributed by atoms with Crippen molar-refractivity contribution in [3.63, 3.8) is 0 Å². The molecule has 0 atom stereocenters. The predicted molar refractivity (Wildman–Crippen MR) is 102 cm³/mol. The summed E-state index contributed by atoms with van der Waals surface area (Å²) in [6.07, 6.45) is 6.95. The van der Waals surface area contributed by atoms with Gasteiger partial charge in [-0.1, -0.05) is 39.5 Å². The minimum atomic E-state index is -0.371. The smallest absolute Gasteiger partial charge is 0.336 e. The lowest BCUT2D eigenvalue weighted by molar-refractivity contribution is -0.123. The fourth-order valence-corrected chi connectivity index (χ4v) is 3.58. The Hall–Kier alpha value is -2.30. The quantitative estimate of drug-likeness (QED) is 0.645. The molecule has 1 aliphatic rings. The number of rotatable bonds is 5. The van der Waals surface area contributed by atoms with E-state index in [0.717, 1.165) is 23.8 Å². The summed E-state index contributed by atoms with van der Waals surface area (Å²) in [6, 6.07) is 7.17. The monoisotopic (exact) mass is 357 g/mol. The van der Waals surface area contributed by atoms with Crippen LogP contribution in [0.2, 0.25) is 0 Å². The van der Waals surface area contributed by atoms with Crippen molar-refractivity contribution in [3.05, 3.63) is 40.2 Å². The van der Waals surface area contributed by atoms with Gasteiger partial charge in [-0.2, -0.15) is 0 Å². The highest BCUT2D eigenvalue weighted by atomic mass is 16.5. The lowest BCUT2D eigenvalue weighted by Gasteiger charge is -2.16. The SMILES string of the molecule is CC(C)c1cc(=O)oc2cc(OCC(=O)NC3CCCCCC3)ccc12. The van der Waals surface area contributed by atoms with Crippen molar-refractivity contribution in [1.82, 2.24) is 5.32 Å². The summed E-state index contributed by atoms with van der Waals surface area (Å²) < 4.78 is 10.9. The van der Waals surface area contributed by atoms with Crippen molar-refractivity contribution >= 4 is 16.9 Å². The van der Waals surface area contributed by atoms with E-state index >= 15 is 0 Å². The van der Waals surface area contributed by atoms with Gasteiger partial charge in [-0.25, -0.2) is 4.79 Å². The van der Waals surface area contributed by atoms with E-state index in [-0.39, 0.29) is 30.1 Å². The number of carbonyl (C=O) groups excluding carboxylic acids is 1. The van der Waals surface area contributed by atoms with Gasteiger partial charge in [0.1, 0.15) is 11.3 Å². The molecule has 1 aliphatic carbocycles. The van der Waals surface area contributed by atoms with E-state index in [9.17, 15) is 9.59 Å². The third-order valence-electron chi connectivity index (χ3n) is 4.96. The maximum Gasteiger partial charge on any atom is 0.336 e.